The van der Waals surface area contributed by atoms with E-state index < -0.39 is 48.5 Å². The van der Waals surface area contributed by atoms with Crippen LogP contribution in [0.4, 0.5) is 15.3 Å². The number of anilines is 1. The topological polar surface area (TPSA) is 298 Å². The molecular weight excluding hydrogens is 1090 g/mol. The molecule has 7 N–H and O–H groups in total. The van der Waals surface area contributed by atoms with Crippen molar-refractivity contribution >= 4 is 64.8 Å². The number of hydrogen-bond donors (Lipinski definition) is 6. The van der Waals surface area contributed by atoms with Crippen molar-refractivity contribution in [2.45, 2.75) is 137 Å². The van der Waals surface area contributed by atoms with Crippen LogP contribution in [0.1, 0.15) is 107 Å². The zero-order chi connectivity index (χ0) is 59.9. The molecule has 1 aromatic carbocycles. The first-order valence-corrected chi connectivity index (χ1v) is 29.7. The minimum Gasteiger partial charge on any atom is -0.445 e. The highest BCUT2D eigenvalue weighted by molar-refractivity contribution is 8.02. The SMILES string of the molecule is CC(C)[C@H](NC(=O)CON=C(CSC(C)(C)C)CSC(C)(C)C)C(=O)N[C@@H](CCCNC(N)=O)C(=O)Nc1ccc(COC(=O)NCc2cn(CCOCCOCCOCCOCCOCCOCCOCCC(C)(C)C)nn2)cc1. The zero-order valence-electron chi connectivity index (χ0n) is 50.0. The molecule has 462 valence electrons. The van der Waals surface area contributed by atoms with Gasteiger partial charge in [-0.2, -0.15) is 0 Å². The van der Waals surface area contributed by atoms with E-state index in [0.717, 1.165) is 18.7 Å². The second-order valence-electron chi connectivity index (χ2n) is 22.2. The van der Waals surface area contributed by atoms with Crippen LogP contribution in [-0.4, -0.2) is 189 Å². The number of nitrogens with zero attached hydrogens (tertiary/aromatic N) is 4. The van der Waals surface area contributed by atoms with Crippen molar-refractivity contribution in [3.05, 3.63) is 41.7 Å². The Hall–Kier alpha value is -4.80. The Morgan fingerprint density at radius 1 is 0.679 bits per heavy atom. The summed E-state index contributed by atoms with van der Waals surface area (Å²) in [7, 11) is 0. The highest BCUT2D eigenvalue weighted by atomic mass is 32.2. The Bertz CT molecular complexity index is 2080. The Morgan fingerprint density at radius 2 is 1.20 bits per heavy atom. The summed E-state index contributed by atoms with van der Waals surface area (Å²) in [5.74, 6) is -0.744. The van der Waals surface area contributed by atoms with Crippen molar-refractivity contribution in [1.29, 1.82) is 0 Å². The monoisotopic (exact) mass is 1180 g/mol. The Kier molecular flexibility index (Phi) is 36.8. The molecule has 2 atom stereocenters. The van der Waals surface area contributed by atoms with Gasteiger partial charge < -0.3 is 75.1 Å². The Labute approximate surface area is 488 Å². The third-order valence-corrected chi connectivity index (χ3v) is 13.6. The molecule has 81 heavy (non-hydrogen) atoms. The van der Waals surface area contributed by atoms with Gasteiger partial charge in [-0.25, -0.2) is 14.3 Å². The summed E-state index contributed by atoms with van der Waals surface area (Å²) in [5, 5.41) is 25.9. The van der Waals surface area contributed by atoms with Crippen LogP contribution in [0.15, 0.2) is 35.6 Å². The van der Waals surface area contributed by atoms with E-state index in [4.69, 9.17) is 48.5 Å². The predicted molar refractivity (Wildman–Crippen MR) is 315 cm³/mol. The van der Waals surface area contributed by atoms with E-state index in [0.29, 0.717) is 127 Å². The van der Waals surface area contributed by atoms with Crippen LogP contribution in [0.25, 0.3) is 0 Å². The number of alkyl carbamates (subject to hydrolysis) is 1. The fraction of sp³-hybridized carbons (Fsp3) is 0.745. The molecular formula is C55H96N10O14S2. The summed E-state index contributed by atoms with van der Waals surface area (Å²) < 4.78 is 45.8. The van der Waals surface area contributed by atoms with Crippen molar-refractivity contribution in [1.82, 2.24) is 36.3 Å². The first-order valence-electron chi connectivity index (χ1n) is 27.7. The lowest BCUT2D eigenvalue weighted by atomic mass is 9.93. The lowest BCUT2D eigenvalue weighted by molar-refractivity contribution is -0.133. The number of aromatic nitrogens is 3. The van der Waals surface area contributed by atoms with Crippen LogP contribution in [0.3, 0.4) is 0 Å². The van der Waals surface area contributed by atoms with Crippen molar-refractivity contribution < 1.29 is 66.7 Å². The van der Waals surface area contributed by atoms with Gasteiger partial charge in [0.15, 0.2) is 6.61 Å². The fourth-order valence-corrected chi connectivity index (χ4v) is 8.08. The second-order valence-corrected chi connectivity index (χ2v) is 25.8. The molecule has 2 rings (SSSR count). The van der Waals surface area contributed by atoms with Gasteiger partial charge in [-0.3, -0.25) is 14.4 Å². The Balaban J connectivity index is 1.67. The highest BCUT2D eigenvalue weighted by Crippen LogP contribution is 2.27. The number of thioether (sulfide) groups is 2. The van der Waals surface area contributed by atoms with E-state index in [2.05, 4.69) is 104 Å². The van der Waals surface area contributed by atoms with Crippen LogP contribution in [0.2, 0.25) is 0 Å². The molecule has 0 radical (unpaired) electrons. The molecule has 0 aliphatic heterocycles. The number of primary amides is 1. The van der Waals surface area contributed by atoms with Crippen molar-refractivity contribution in [3.8, 4) is 0 Å². The molecule has 0 saturated carbocycles. The van der Waals surface area contributed by atoms with Crippen molar-refractivity contribution in [2.24, 2.45) is 22.2 Å². The van der Waals surface area contributed by atoms with E-state index in [9.17, 15) is 24.0 Å². The molecule has 0 aliphatic rings. The maximum Gasteiger partial charge on any atom is 0.407 e. The van der Waals surface area contributed by atoms with Gasteiger partial charge in [0.2, 0.25) is 11.8 Å². The lowest BCUT2D eigenvalue weighted by Gasteiger charge is -2.25. The van der Waals surface area contributed by atoms with E-state index in [1.165, 1.54) is 0 Å². The average Bonchev–Trinajstić information content (AvgIpc) is 3.85. The van der Waals surface area contributed by atoms with E-state index in [1.54, 1.807) is 72.5 Å². The van der Waals surface area contributed by atoms with Crippen LogP contribution >= 0.6 is 23.5 Å². The quantitative estimate of drug-likeness (QED) is 0.0263. The number of oxime groups is 1. The minimum atomic E-state index is -1.05. The number of benzene rings is 1. The van der Waals surface area contributed by atoms with Crippen molar-refractivity contribution in [2.75, 3.05) is 122 Å². The van der Waals surface area contributed by atoms with Gasteiger partial charge in [-0.05, 0) is 48.3 Å². The van der Waals surface area contributed by atoms with Crippen LogP contribution in [0.5, 0.6) is 0 Å². The van der Waals surface area contributed by atoms with Gasteiger partial charge in [0.25, 0.3) is 5.91 Å². The summed E-state index contributed by atoms with van der Waals surface area (Å²) in [4.78, 5) is 69.7. The Morgan fingerprint density at radius 3 is 1.69 bits per heavy atom. The summed E-state index contributed by atoms with van der Waals surface area (Å²) in [5.41, 5.74) is 7.89. The smallest absolute Gasteiger partial charge is 0.407 e. The molecule has 0 saturated heterocycles. The molecule has 0 aliphatic carbocycles. The van der Waals surface area contributed by atoms with E-state index in [-0.39, 0.29) is 46.9 Å². The third kappa shape index (κ3) is 40.1. The summed E-state index contributed by atoms with van der Waals surface area (Å²) >= 11 is 3.45. The number of nitrogens with two attached hydrogens (primary N) is 1. The molecule has 0 fully saturated rings. The van der Waals surface area contributed by atoms with Crippen LogP contribution in [0, 0.1) is 11.3 Å². The number of urea groups is 1. The van der Waals surface area contributed by atoms with Gasteiger partial charge in [0.1, 0.15) is 24.4 Å². The maximum atomic E-state index is 13.7. The van der Waals surface area contributed by atoms with Crippen molar-refractivity contribution in [3.63, 3.8) is 0 Å². The standard InChI is InChI=1S/C55H96N10O14S2/c1-41(2)48(61-47(66)38-79-63-45(39-80-54(6,7)8)40-81-55(9,10)11)50(68)60-46(13-12-19-57-51(56)69)49(67)59-43-16-14-42(15-17-43)37-78-52(70)58-35-44-36-65(64-62-44)20-22-72-24-26-74-28-30-76-32-34-77-33-31-75-29-27-73-25-23-71-21-18-53(3,4)5/h14-17,36,41,46,48H,12-13,18-35,37-40H2,1-11H3,(H,58,70)(H,59,67)(H,60,68)(H,61,66)(H3,56,57,69)/t46-,48-/m0/s1. The highest BCUT2D eigenvalue weighted by Gasteiger charge is 2.29. The first kappa shape index (κ1) is 72.3. The third-order valence-electron chi connectivity index (χ3n) is 10.9. The number of carbonyl (C=O) groups is 5. The number of ether oxygens (including phenoxy) is 8. The predicted octanol–water partition coefficient (Wildman–Crippen LogP) is 5.71. The number of nitrogens with one attached hydrogen (secondary N) is 5. The van der Waals surface area contributed by atoms with Gasteiger partial charge in [0, 0.05) is 39.8 Å². The summed E-state index contributed by atoms with van der Waals surface area (Å²) in [6.45, 7) is 30.0. The van der Waals surface area contributed by atoms with E-state index in [1.807, 2.05) is 0 Å². The molecule has 1 heterocycles. The van der Waals surface area contributed by atoms with Gasteiger partial charge in [-0.15, -0.1) is 28.6 Å². The van der Waals surface area contributed by atoms with Crippen LogP contribution < -0.4 is 32.3 Å². The van der Waals surface area contributed by atoms with Crippen LogP contribution in [-0.2, 0) is 76.8 Å². The van der Waals surface area contributed by atoms with Gasteiger partial charge in [-0.1, -0.05) is 98.7 Å². The normalized spacial score (nSPS) is 12.6. The number of hydrogen-bond acceptors (Lipinski definition) is 19. The van der Waals surface area contributed by atoms with Gasteiger partial charge in [0.05, 0.1) is 111 Å². The second kappa shape index (κ2) is 41.2. The molecule has 24 nitrogen and oxygen atoms in total. The zero-order valence-corrected chi connectivity index (χ0v) is 51.6. The average molecular weight is 1190 g/mol. The molecule has 0 spiro atoms. The largest absolute Gasteiger partial charge is 0.445 e. The fourth-order valence-electron chi connectivity index (χ4n) is 6.44. The number of carbonyl (C=O) groups excluding carboxylic acids is 5. The minimum absolute atomic E-state index is 0.0102. The first-order chi connectivity index (χ1) is 38.4. The van der Waals surface area contributed by atoms with E-state index >= 15 is 0 Å². The molecule has 0 bridgehead atoms. The summed E-state index contributed by atoms with van der Waals surface area (Å²) in [6.07, 6.45) is 2.50. The number of amides is 6. The molecule has 26 heteroatoms. The maximum absolute atomic E-state index is 13.7. The van der Waals surface area contributed by atoms with Gasteiger partial charge >= 0.3 is 12.1 Å². The molecule has 2 aromatic rings. The molecule has 6 amide bonds. The lowest BCUT2D eigenvalue weighted by Crippen LogP contribution is -2.55. The number of rotatable bonds is 44. The summed E-state index contributed by atoms with van der Waals surface area (Å²) in [6, 6.07) is 3.85. The molecule has 0 unspecified atom stereocenters. The molecule has 1 aromatic heterocycles.